The largest absolute Gasteiger partial charge is 0.324 e. The van der Waals surface area contributed by atoms with Gasteiger partial charge in [0.05, 0.1) is 6.20 Å². The Morgan fingerprint density at radius 1 is 1.29 bits per heavy atom. The van der Waals surface area contributed by atoms with Crippen LogP contribution in [0.15, 0.2) is 41.1 Å². The van der Waals surface area contributed by atoms with Crippen LogP contribution in [0.2, 0.25) is 0 Å². The van der Waals surface area contributed by atoms with Gasteiger partial charge in [0.1, 0.15) is 5.82 Å². The third-order valence-corrected chi connectivity index (χ3v) is 2.98. The second-order valence-corrected chi connectivity index (χ2v) is 4.64. The van der Waals surface area contributed by atoms with Crippen LogP contribution < -0.4 is 5.73 Å². The molecule has 5 heteroatoms. The van der Waals surface area contributed by atoms with Crippen LogP contribution >= 0.6 is 15.9 Å². The van der Waals surface area contributed by atoms with Crippen LogP contribution in [0.4, 0.5) is 4.39 Å². The van der Waals surface area contributed by atoms with E-state index in [0.717, 1.165) is 10.0 Å². The third-order valence-electron chi connectivity index (χ3n) is 2.48. The molecule has 88 valence electrons. The van der Waals surface area contributed by atoms with Gasteiger partial charge in [0.25, 0.3) is 0 Å². The average molecular weight is 296 g/mol. The van der Waals surface area contributed by atoms with Crippen LogP contribution in [0, 0.1) is 5.82 Å². The molecule has 0 saturated heterocycles. The van der Waals surface area contributed by atoms with Crippen LogP contribution in [-0.2, 0) is 6.42 Å². The predicted octanol–water partition coefficient (Wildman–Crippen LogP) is 2.62. The Morgan fingerprint density at radius 3 is 2.82 bits per heavy atom. The maximum absolute atomic E-state index is 13.5. The van der Waals surface area contributed by atoms with Gasteiger partial charge in [-0.05, 0) is 41.8 Å². The highest BCUT2D eigenvalue weighted by atomic mass is 79.9. The van der Waals surface area contributed by atoms with Crippen molar-refractivity contribution in [1.82, 2.24) is 10.2 Å². The molecule has 1 heterocycles. The molecule has 3 nitrogen and oxygen atoms in total. The molecular weight excluding hydrogens is 285 g/mol. The van der Waals surface area contributed by atoms with Crippen molar-refractivity contribution in [3.05, 3.63) is 58.1 Å². The van der Waals surface area contributed by atoms with E-state index in [1.807, 2.05) is 0 Å². The average Bonchev–Trinajstić information content (AvgIpc) is 2.35. The Bertz CT molecular complexity index is 504. The van der Waals surface area contributed by atoms with Gasteiger partial charge in [-0.2, -0.15) is 10.2 Å². The van der Waals surface area contributed by atoms with Crippen LogP contribution in [0.25, 0.3) is 0 Å². The summed E-state index contributed by atoms with van der Waals surface area (Å²) in [6.07, 6.45) is 3.60. The van der Waals surface area contributed by atoms with Gasteiger partial charge >= 0.3 is 0 Å². The van der Waals surface area contributed by atoms with E-state index in [4.69, 9.17) is 5.73 Å². The molecule has 0 bridgehead atoms. The van der Waals surface area contributed by atoms with E-state index in [-0.39, 0.29) is 11.9 Å². The summed E-state index contributed by atoms with van der Waals surface area (Å²) in [6.45, 7) is 0. The summed E-state index contributed by atoms with van der Waals surface area (Å²) in [7, 11) is 0. The molecular formula is C12H11BrFN3. The fraction of sp³-hybridized carbons (Fsp3) is 0.167. The summed E-state index contributed by atoms with van der Waals surface area (Å²) < 4.78 is 14.4. The Labute approximate surface area is 107 Å². The number of nitrogens with two attached hydrogens (primary N) is 1. The summed E-state index contributed by atoms with van der Waals surface area (Å²) in [5.41, 5.74) is 7.43. The van der Waals surface area contributed by atoms with Crippen molar-refractivity contribution in [2.45, 2.75) is 12.5 Å². The highest BCUT2D eigenvalue weighted by Crippen LogP contribution is 2.20. The van der Waals surface area contributed by atoms with E-state index in [9.17, 15) is 4.39 Å². The number of halogens is 2. The normalized spacial score (nSPS) is 12.4. The molecule has 17 heavy (non-hydrogen) atoms. The number of rotatable bonds is 3. The molecule has 0 spiro atoms. The van der Waals surface area contributed by atoms with Crippen LogP contribution in [-0.4, -0.2) is 10.2 Å². The Morgan fingerprint density at radius 2 is 2.12 bits per heavy atom. The van der Waals surface area contributed by atoms with Crippen LogP contribution in [0.3, 0.4) is 0 Å². The zero-order valence-electron chi connectivity index (χ0n) is 8.98. The fourth-order valence-electron chi connectivity index (χ4n) is 1.57. The van der Waals surface area contributed by atoms with Gasteiger partial charge in [-0.15, -0.1) is 0 Å². The van der Waals surface area contributed by atoms with E-state index >= 15 is 0 Å². The minimum Gasteiger partial charge on any atom is -0.324 e. The van der Waals surface area contributed by atoms with E-state index < -0.39 is 0 Å². The molecule has 2 aromatic rings. The molecule has 1 atom stereocenters. The number of aromatic nitrogens is 2. The third kappa shape index (κ3) is 3.08. The monoisotopic (exact) mass is 295 g/mol. The highest BCUT2D eigenvalue weighted by Gasteiger charge is 2.11. The van der Waals surface area contributed by atoms with Crippen LogP contribution in [0.1, 0.15) is 17.2 Å². The molecule has 1 aromatic heterocycles. The minimum atomic E-state index is -0.283. The Kier molecular flexibility index (Phi) is 3.81. The number of hydrogen-bond acceptors (Lipinski definition) is 3. The van der Waals surface area contributed by atoms with Crippen molar-refractivity contribution in [3.63, 3.8) is 0 Å². The van der Waals surface area contributed by atoms with Gasteiger partial charge < -0.3 is 5.73 Å². The molecule has 0 aliphatic heterocycles. The van der Waals surface area contributed by atoms with Crippen molar-refractivity contribution in [2.24, 2.45) is 5.73 Å². The summed E-state index contributed by atoms with van der Waals surface area (Å²) in [5, 5.41) is 7.43. The predicted molar refractivity (Wildman–Crippen MR) is 66.8 cm³/mol. The molecule has 0 fully saturated rings. The minimum absolute atomic E-state index is 0.245. The van der Waals surface area contributed by atoms with Gasteiger partial charge in [0.15, 0.2) is 0 Å². The van der Waals surface area contributed by atoms with Crippen molar-refractivity contribution in [3.8, 4) is 0 Å². The molecule has 2 rings (SSSR count). The first kappa shape index (κ1) is 12.1. The van der Waals surface area contributed by atoms with E-state index in [1.165, 1.54) is 6.07 Å². The van der Waals surface area contributed by atoms with Crippen molar-refractivity contribution >= 4 is 15.9 Å². The SMILES string of the molecule is NC(Cc1cc(Br)ccc1F)c1ccnnc1. The second kappa shape index (κ2) is 5.33. The summed E-state index contributed by atoms with van der Waals surface area (Å²) in [6, 6.07) is 6.33. The highest BCUT2D eigenvalue weighted by molar-refractivity contribution is 9.10. The lowest BCUT2D eigenvalue weighted by Gasteiger charge is -2.12. The first-order valence-corrected chi connectivity index (χ1v) is 5.92. The standard InChI is InChI=1S/C12H11BrFN3/c13-10-1-2-11(14)9(5-10)6-12(15)8-3-4-16-17-7-8/h1-5,7,12H,6,15H2. The van der Waals surface area contributed by atoms with Crippen LogP contribution in [0.5, 0.6) is 0 Å². The summed E-state index contributed by atoms with van der Waals surface area (Å²) in [5.74, 6) is -0.245. The smallest absolute Gasteiger partial charge is 0.126 e. The zero-order valence-corrected chi connectivity index (χ0v) is 10.6. The second-order valence-electron chi connectivity index (χ2n) is 3.72. The fourth-order valence-corrected chi connectivity index (χ4v) is 1.98. The lowest BCUT2D eigenvalue weighted by atomic mass is 10.0. The molecule has 1 unspecified atom stereocenters. The number of nitrogens with zero attached hydrogens (tertiary/aromatic N) is 2. The van der Waals surface area contributed by atoms with Crippen molar-refractivity contribution < 1.29 is 4.39 Å². The molecule has 0 saturated carbocycles. The van der Waals surface area contributed by atoms with Gasteiger partial charge in [-0.25, -0.2) is 4.39 Å². The Hall–Kier alpha value is -1.33. The summed E-state index contributed by atoms with van der Waals surface area (Å²) >= 11 is 3.31. The maximum Gasteiger partial charge on any atom is 0.126 e. The lowest BCUT2D eigenvalue weighted by Crippen LogP contribution is -2.14. The van der Waals surface area contributed by atoms with Gasteiger partial charge in [-0.3, -0.25) is 0 Å². The molecule has 2 N–H and O–H groups in total. The molecule has 0 amide bonds. The van der Waals surface area contributed by atoms with Gasteiger partial charge in [-0.1, -0.05) is 15.9 Å². The molecule has 1 aromatic carbocycles. The first-order valence-electron chi connectivity index (χ1n) is 5.13. The lowest BCUT2D eigenvalue weighted by molar-refractivity contribution is 0.592. The topological polar surface area (TPSA) is 51.8 Å². The molecule has 0 aliphatic rings. The quantitative estimate of drug-likeness (QED) is 0.947. The Balaban J connectivity index is 2.18. The van der Waals surface area contributed by atoms with Gasteiger partial charge in [0.2, 0.25) is 0 Å². The first-order chi connectivity index (χ1) is 8.16. The van der Waals surface area contributed by atoms with E-state index in [1.54, 1.807) is 30.6 Å². The molecule has 0 radical (unpaired) electrons. The number of benzene rings is 1. The van der Waals surface area contributed by atoms with E-state index in [2.05, 4.69) is 26.1 Å². The van der Waals surface area contributed by atoms with E-state index in [0.29, 0.717) is 12.0 Å². The maximum atomic E-state index is 13.5. The van der Waals surface area contributed by atoms with Crippen molar-refractivity contribution in [2.75, 3.05) is 0 Å². The zero-order chi connectivity index (χ0) is 12.3. The summed E-state index contributed by atoms with van der Waals surface area (Å²) in [4.78, 5) is 0. The number of hydrogen-bond donors (Lipinski definition) is 1. The molecule has 0 aliphatic carbocycles. The van der Waals surface area contributed by atoms with Crippen molar-refractivity contribution in [1.29, 1.82) is 0 Å². The van der Waals surface area contributed by atoms with Gasteiger partial charge in [0, 0.05) is 16.7 Å².